The number of ether oxygens (including phenoxy) is 1. The fraction of sp³-hybridized carbons (Fsp3) is 0.400. The molecule has 0 spiro atoms. The van der Waals surface area contributed by atoms with E-state index >= 15 is 0 Å². The molecule has 2 heterocycles. The summed E-state index contributed by atoms with van der Waals surface area (Å²) in [5.41, 5.74) is 6.51. The third-order valence-electron chi connectivity index (χ3n) is 6.35. The zero-order valence-electron chi connectivity index (χ0n) is 19.7. The maximum atomic E-state index is 13.2. The molecule has 0 aliphatic carbocycles. The highest BCUT2D eigenvalue weighted by molar-refractivity contribution is 5.90. The van der Waals surface area contributed by atoms with Crippen molar-refractivity contribution in [3.05, 3.63) is 70.8 Å². The Morgan fingerprint density at radius 2 is 1.83 bits per heavy atom. The van der Waals surface area contributed by atoms with Crippen molar-refractivity contribution in [3.63, 3.8) is 0 Å². The average molecular weight is 505 g/mol. The quantitative estimate of drug-likeness (QED) is 0.676. The number of fused-ring (bicyclic) bond motifs is 1. The van der Waals surface area contributed by atoms with Crippen LogP contribution in [-0.4, -0.2) is 64.4 Å². The molecule has 2 atom stereocenters. The van der Waals surface area contributed by atoms with Gasteiger partial charge in [-0.05, 0) is 30.2 Å². The number of amides is 3. The number of piperazine rings is 1. The molecule has 0 unspecified atom stereocenters. The molecule has 4 rings (SSSR count). The SMILES string of the molecule is Cc1cc(COC(=O)N2CCC(=O)N3[C@@H]2CN(Cc2ccccc2)C(=O)[C@@H]3CN)cc(C(F)(F)F)c1. The second-order valence-electron chi connectivity index (χ2n) is 8.94. The largest absolute Gasteiger partial charge is 0.444 e. The maximum absolute atomic E-state index is 13.2. The van der Waals surface area contributed by atoms with Gasteiger partial charge in [0.2, 0.25) is 11.8 Å². The molecule has 2 aliphatic rings. The summed E-state index contributed by atoms with van der Waals surface area (Å²) < 4.78 is 44.8. The number of benzene rings is 2. The molecule has 8 nitrogen and oxygen atoms in total. The van der Waals surface area contributed by atoms with Gasteiger partial charge in [0.25, 0.3) is 0 Å². The fourth-order valence-electron chi connectivity index (χ4n) is 4.71. The fourth-order valence-corrected chi connectivity index (χ4v) is 4.71. The lowest BCUT2D eigenvalue weighted by molar-refractivity contribution is -0.167. The topological polar surface area (TPSA) is 96.2 Å². The number of nitrogens with zero attached hydrogens (tertiary/aromatic N) is 3. The summed E-state index contributed by atoms with van der Waals surface area (Å²) in [5, 5.41) is 0. The van der Waals surface area contributed by atoms with Crippen molar-refractivity contribution >= 4 is 17.9 Å². The van der Waals surface area contributed by atoms with E-state index in [4.69, 9.17) is 10.5 Å². The number of hydrogen-bond acceptors (Lipinski definition) is 5. The molecule has 2 aliphatic heterocycles. The molecule has 11 heteroatoms. The molecule has 0 saturated carbocycles. The summed E-state index contributed by atoms with van der Waals surface area (Å²) in [4.78, 5) is 43.1. The van der Waals surface area contributed by atoms with Gasteiger partial charge >= 0.3 is 12.3 Å². The van der Waals surface area contributed by atoms with Crippen molar-refractivity contribution in [2.45, 2.75) is 44.9 Å². The van der Waals surface area contributed by atoms with Crippen molar-refractivity contribution in [3.8, 4) is 0 Å². The van der Waals surface area contributed by atoms with E-state index < -0.39 is 30.0 Å². The number of carbonyl (C=O) groups is 3. The molecule has 2 aromatic carbocycles. The van der Waals surface area contributed by atoms with Gasteiger partial charge in [-0.3, -0.25) is 14.5 Å². The summed E-state index contributed by atoms with van der Waals surface area (Å²) in [7, 11) is 0. The van der Waals surface area contributed by atoms with Gasteiger partial charge in [0.1, 0.15) is 18.8 Å². The van der Waals surface area contributed by atoms with E-state index in [1.807, 2.05) is 30.3 Å². The van der Waals surface area contributed by atoms with Crippen molar-refractivity contribution in [1.29, 1.82) is 0 Å². The van der Waals surface area contributed by atoms with Gasteiger partial charge in [-0.15, -0.1) is 0 Å². The van der Waals surface area contributed by atoms with Crippen molar-refractivity contribution in [2.24, 2.45) is 5.73 Å². The Hall–Kier alpha value is -3.60. The number of aryl methyl sites for hydroxylation is 1. The van der Waals surface area contributed by atoms with Crippen LogP contribution in [0.3, 0.4) is 0 Å². The standard InChI is InChI=1S/C25H27F3N4O4/c1-16-9-18(11-19(10-16)25(26,27)28)15-36-24(35)31-8-7-22(33)32-20(12-29)23(34)30(14-21(31)32)13-17-5-3-2-4-6-17/h2-6,9-11,20-21H,7-8,12-15,29H2,1H3/t20-,21+/m0/s1. The molecule has 192 valence electrons. The van der Waals surface area contributed by atoms with Crippen LogP contribution in [-0.2, 0) is 33.7 Å². The Kier molecular flexibility index (Phi) is 7.21. The van der Waals surface area contributed by atoms with E-state index in [1.165, 1.54) is 22.8 Å². The van der Waals surface area contributed by atoms with Gasteiger partial charge in [-0.2, -0.15) is 13.2 Å². The van der Waals surface area contributed by atoms with E-state index in [0.29, 0.717) is 5.56 Å². The monoisotopic (exact) mass is 504 g/mol. The first-order valence-corrected chi connectivity index (χ1v) is 11.5. The van der Waals surface area contributed by atoms with Gasteiger partial charge in [0.15, 0.2) is 0 Å². The zero-order chi connectivity index (χ0) is 26.0. The number of rotatable bonds is 5. The van der Waals surface area contributed by atoms with Crippen LogP contribution in [0.4, 0.5) is 18.0 Å². The van der Waals surface area contributed by atoms with Crippen molar-refractivity contribution in [2.75, 3.05) is 19.6 Å². The average Bonchev–Trinajstić information content (AvgIpc) is 2.83. The van der Waals surface area contributed by atoms with Crippen LogP contribution in [0, 0.1) is 6.92 Å². The highest BCUT2D eigenvalue weighted by Gasteiger charge is 2.48. The Morgan fingerprint density at radius 3 is 2.50 bits per heavy atom. The maximum Gasteiger partial charge on any atom is 0.416 e. The van der Waals surface area contributed by atoms with Gasteiger partial charge in [-0.25, -0.2) is 4.79 Å². The minimum atomic E-state index is -4.52. The van der Waals surface area contributed by atoms with Gasteiger partial charge in [-0.1, -0.05) is 42.0 Å². The third-order valence-corrected chi connectivity index (χ3v) is 6.35. The minimum absolute atomic E-state index is 0.0171. The molecule has 2 aromatic rings. The van der Waals surface area contributed by atoms with Crippen LogP contribution in [0.15, 0.2) is 48.5 Å². The van der Waals surface area contributed by atoms with Gasteiger partial charge < -0.3 is 20.3 Å². The smallest absolute Gasteiger partial charge is 0.416 e. The molecule has 3 amide bonds. The highest BCUT2D eigenvalue weighted by atomic mass is 19.4. The van der Waals surface area contributed by atoms with Crippen LogP contribution in [0.1, 0.15) is 28.7 Å². The zero-order valence-corrected chi connectivity index (χ0v) is 19.7. The molecule has 36 heavy (non-hydrogen) atoms. The molecular formula is C25H27F3N4O4. The minimum Gasteiger partial charge on any atom is -0.444 e. The van der Waals surface area contributed by atoms with Gasteiger partial charge in [0.05, 0.1) is 12.1 Å². The predicted octanol–water partition coefficient (Wildman–Crippen LogP) is 2.88. The Morgan fingerprint density at radius 1 is 1.11 bits per heavy atom. The first-order chi connectivity index (χ1) is 17.1. The molecule has 2 saturated heterocycles. The van der Waals surface area contributed by atoms with Crippen molar-refractivity contribution < 1.29 is 32.3 Å². The summed E-state index contributed by atoms with van der Waals surface area (Å²) in [5.74, 6) is -0.596. The highest BCUT2D eigenvalue weighted by Crippen LogP contribution is 2.31. The van der Waals surface area contributed by atoms with E-state index in [1.54, 1.807) is 4.90 Å². The Balaban J connectivity index is 1.52. The molecule has 2 fully saturated rings. The molecular weight excluding hydrogens is 477 g/mol. The molecule has 0 aromatic heterocycles. The summed E-state index contributed by atoms with van der Waals surface area (Å²) >= 11 is 0. The van der Waals surface area contributed by atoms with E-state index in [9.17, 15) is 27.6 Å². The number of carbonyl (C=O) groups excluding carboxylic acids is 3. The summed E-state index contributed by atoms with van der Waals surface area (Å²) in [6, 6.07) is 11.8. The molecule has 2 N–H and O–H groups in total. The van der Waals surface area contributed by atoms with Crippen molar-refractivity contribution in [1.82, 2.24) is 14.7 Å². The molecule has 0 bridgehead atoms. The lowest BCUT2D eigenvalue weighted by Gasteiger charge is -2.51. The van der Waals surface area contributed by atoms with Crippen LogP contribution in [0.5, 0.6) is 0 Å². The summed E-state index contributed by atoms with van der Waals surface area (Å²) in [6.07, 6.45) is -6.11. The third kappa shape index (κ3) is 5.30. The second kappa shape index (κ2) is 10.2. The van der Waals surface area contributed by atoms with E-state index in [2.05, 4.69) is 0 Å². The van der Waals surface area contributed by atoms with Gasteiger partial charge in [0, 0.05) is 26.1 Å². The van der Waals surface area contributed by atoms with E-state index in [-0.39, 0.29) is 56.6 Å². The van der Waals surface area contributed by atoms with Crippen LogP contribution >= 0.6 is 0 Å². The Bertz CT molecular complexity index is 1140. The predicted molar refractivity (Wildman–Crippen MR) is 123 cm³/mol. The molecule has 0 radical (unpaired) electrons. The Labute approximate surface area is 206 Å². The van der Waals surface area contributed by atoms with E-state index in [0.717, 1.165) is 17.7 Å². The first-order valence-electron chi connectivity index (χ1n) is 11.5. The lowest BCUT2D eigenvalue weighted by atomic mass is 10.0. The lowest BCUT2D eigenvalue weighted by Crippen LogP contribution is -2.72. The number of hydrogen-bond donors (Lipinski definition) is 1. The second-order valence-corrected chi connectivity index (χ2v) is 8.94. The number of alkyl halides is 3. The number of nitrogens with two attached hydrogens (primary N) is 1. The first kappa shape index (κ1) is 25.5. The summed E-state index contributed by atoms with van der Waals surface area (Å²) in [6.45, 7) is 1.45. The van der Waals surface area contributed by atoms with Crippen LogP contribution in [0.25, 0.3) is 0 Å². The normalized spacial score (nSPS) is 20.4. The van der Waals surface area contributed by atoms with Crippen LogP contribution < -0.4 is 5.73 Å². The number of halogens is 3. The van der Waals surface area contributed by atoms with Crippen LogP contribution in [0.2, 0.25) is 0 Å².